The van der Waals surface area contributed by atoms with Crippen molar-refractivity contribution in [3.8, 4) is 0 Å². The normalized spacial score (nSPS) is 9.67. The third kappa shape index (κ3) is 4.77. The van der Waals surface area contributed by atoms with Gasteiger partial charge in [0, 0.05) is 30.9 Å². The van der Waals surface area contributed by atoms with E-state index in [9.17, 15) is 14.0 Å². The lowest BCUT2D eigenvalue weighted by molar-refractivity contribution is 0.0951. The molecule has 1 rings (SSSR count). The van der Waals surface area contributed by atoms with Crippen LogP contribution in [0.4, 0.5) is 9.18 Å². The van der Waals surface area contributed by atoms with Crippen molar-refractivity contribution in [2.45, 2.75) is 6.92 Å². The number of rotatable bonds is 5. The van der Waals surface area contributed by atoms with Gasteiger partial charge >= 0.3 is 6.09 Å². The lowest BCUT2D eigenvalue weighted by Crippen LogP contribution is -2.35. The number of nitrogens with one attached hydrogen (secondary N) is 2. The zero-order chi connectivity index (χ0) is 13.4. The van der Waals surface area contributed by atoms with E-state index in [0.717, 1.165) is 6.07 Å². The Morgan fingerprint density at radius 1 is 1.39 bits per heavy atom. The van der Waals surface area contributed by atoms with Crippen LogP contribution in [-0.4, -0.2) is 36.7 Å². The van der Waals surface area contributed by atoms with Gasteiger partial charge in [0.1, 0.15) is 0 Å². The average Bonchev–Trinajstić information content (AvgIpc) is 2.35. The fourth-order valence-corrected chi connectivity index (χ4v) is 1.17. The smallest absolute Gasteiger partial charge is 0.407 e. The molecule has 0 fully saturated rings. The first-order chi connectivity index (χ1) is 8.63. The number of pyridine rings is 1. The third-order valence-corrected chi connectivity index (χ3v) is 1.94. The second-order valence-corrected chi connectivity index (χ2v) is 3.27. The first-order valence-corrected chi connectivity index (χ1v) is 5.44. The van der Waals surface area contributed by atoms with Crippen LogP contribution >= 0.6 is 0 Å². The predicted octanol–water partition coefficient (Wildman–Crippen LogP) is 0.697. The van der Waals surface area contributed by atoms with E-state index in [1.165, 1.54) is 12.3 Å². The van der Waals surface area contributed by atoms with E-state index in [-0.39, 0.29) is 25.3 Å². The Balaban J connectivity index is 2.27. The number of nitrogens with zero attached hydrogens (tertiary/aromatic N) is 1. The minimum Gasteiger partial charge on any atom is -0.450 e. The minimum atomic E-state index is -0.715. The summed E-state index contributed by atoms with van der Waals surface area (Å²) in [6.45, 7) is 2.44. The van der Waals surface area contributed by atoms with E-state index in [2.05, 4.69) is 20.4 Å². The summed E-state index contributed by atoms with van der Waals surface area (Å²) in [5.74, 6) is -1.14. The number of halogens is 1. The van der Waals surface area contributed by atoms with Gasteiger partial charge < -0.3 is 15.4 Å². The van der Waals surface area contributed by atoms with E-state index in [1.807, 2.05) is 0 Å². The van der Waals surface area contributed by atoms with E-state index in [0.29, 0.717) is 0 Å². The van der Waals surface area contributed by atoms with Gasteiger partial charge in [-0.15, -0.1) is 0 Å². The molecule has 0 atom stereocenters. The zero-order valence-corrected chi connectivity index (χ0v) is 9.90. The topological polar surface area (TPSA) is 80.3 Å². The molecule has 18 heavy (non-hydrogen) atoms. The van der Waals surface area contributed by atoms with Gasteiger partial charge in [-0.3, -0.25) is 4.79 Å². The lowest BCUT2D eigenvalue weighted by atomic mass is 10.2. The van der Waals surface area contributed by atoms with Crippen molar-refractivity contribution in [1.82, 2.24) is 15.6 Å². The molecule has 0 radical (unpaired) electrons. The molecule has 98 valence electrons. The van der Waals surface area contributed by atoms with Crippen molar-refractivity contribution in [2.24, 2.45) is 0 Å². The maximum atomic E-state index is 12.7. The summed E-state index contributed by atoms with van der Waals surface area (Å²) in [7, 11) is 0. The summed E-state index contributed by atoms with van der Waals surface area (Å²) in [5.41, 5.74) is 0.179. The van der Waals surface area contributed by atoms with Crippen LogP contribution in [0.1, 0.15) is 17.3 Å². The summed E-state index contributed by atoms with van der Waals surface area (Å²) in [6.07, 6.45) is 0.669. The first kappa shape index (κ1) is 13.9. The molecule has 0 spiro atoms. The largest absolute Gasteiger partial charge is 0.450 e. The van der Waals surface area contributed by atoms with E-state index < -0.39 is 17.9 Å². The number of hydrogen-bond acceptors (Lipinski definition) is 4. The zero-order valence-electron chi connectivity index (χ0n) is 9.90. The predicted molar refractivity (Wildman–Crippen MR) is 61.6 cm³/mol. The van der Waals surface area contributed by atoms with Gasteiger partial charge in [-0.05, 0) is 13.0 Å². The fourth-order valence-electron chi connectivity index (χ4n) is 1.17. The van der Waals surface area contributed by atoms with Crippen molar-refractivity contribution in [3.63, 3.8) is 0 Å². The highest BCUT2D eigenvalue weighted by Gasteiger charge is 2.06. The SMILES string of the molecule is CCOC(=O)NCCNC(=O)c1ccnc(F)c1. The van der Waals surface area contributed by atoms with Gasteiger partial charge in [-0.1, -0.05) is 0 Å². The van der Waals surface area contributed by atoms with Crippen molar-refractivity contribution in [2.75, 3.05) is 19.7 Å². The Bertz CT molecular complexity index is 426. The Hall–Kier alpha value is -2.18. The van der Waals surface area contributed by atoms with Gasteiger partial charge in [0.15, 0.2) is 0 Å². The highest BCUT2D eigenvalue weighted by molar-refractivity contribution is 5.94. The molecule has 7 heteroatoms. The molecule has 0 saturated heterocycles. The molecule has 6 nitrogen and oxygen atoms in total. The maximum Gasteiger partial charge on any atom is 0.407 e. The van der Waals surface area contributed by atoms with E-state index in [1.54, 1.807) is 6.92 Å². The van der Waals surface area contributed by atoms with Gasteiger partial charge in [0.25, 0.3) is 5.91 Å². The quantitative estimate of drug-likeness (QED) is 0.599. The Kier molecular flexibility index (Phi) is 5.56. The standard InChI is InChI=1S/C11H14FN3O3/c1-2-18-11(17)15-6-5-14-10(16)8-3-4-13-9(12)7-8/h3-4,7H,2,5-6H2,1H3,(H,14,16)(H,15,17). The lowest BCUT2D eigenvalue weighted by Gasteiger charge is -2.06. The Morgan fingerprint density at radius 2 is 2.11 bits per heavy atom. The number of aromatic nitrogens is 1. The molecule has 2 N–H and O–H groups in total. The van der Waals surface area contributed by atoms with Crippen LogP contribution in [0.5, 0.6) is 0 Å². The molecule has 1 aromatic heterocycles. The third-order valence-electron chi connectivity index (χ3n) is 1.94. The van der Waals surface area contributed by atoms with Gasteiger partial charge in [-0.2, -0.15) is 4.39 Å². The minimum absolute atomic E-state index is 0.179. The molecule has 1 aromatic rings. The maximum absolute atomic E-state index is 12.7. The average molecular weight is 255 g/mol. The van der Waals surface area contributed by atoms with E-state index >= 15 is 0 Å². The number of alkyl carbamates (subject to hydrolysis) is 1. The highest BCUT2D eigenvalue weighted by Crippen LogP contribution is 1.99. The monoisotopic (exact) mass is 255 g/mol. The number of amides is 2. The molecule has 0 saturated carbocycles. The Morgan fingerprint density at radius 3 is 2.78 bits per heavy atom. The number of hydrogen-bond donors (Lipinski definition) is 2. The van der Waals surface area contributed by atoms with Crippen LogP contribution in [0.3, 0.4) is 0 Å². The van der Waals surface area contributed by atoms with Crippen LogP contribution in [0.25, 0.3) is 0 Å². The van der Waals surface area contributed by atoms with Gasteiger partial charge in [0.2, 0.25) is 5.95 Å². The summed E-state index contributed by atoms with van der Waals surface area (Å²) >= 11 is 0. The number of carbonyl (C=O) groups excluding carboxylic acids is 2. The van der Waals surface area contributed by atoms with Crippen molar-refractivity contribution < 1.29 is 18.7 Å². The first-order valence-electron chi connectivity index (χ1n) is 5.44. The van der Waals surface area contributed by atoms with Crippen LogP contribution in [0.15, 0.2) is 18.3 Å². The van der Waals surface area contributed by atoms with E-state index in [4.69, 9.17) is 0 Å². The number of carbonyl (C=O) groups is 2. The van der Waals surface area contributed by atoms with Crippen LogP contribution < -0.4 is 10.6 Å². The van der Waals surface area contributed by atoms with Crippen molar-refractivity contribution in [1.29, 1.82) is 0 Å². The molecule has 0 aromatic carbocycles. The molecule has 2 amide bonds. The molecule has 0 aliphatic heterocycles. The summed E-state index contributed by atoms with van der Waals surface area (Å²) in [5, 5.41) is 4.96. The van der Waals surface area contributed by atoms with Gasteiger partial charge in [-0.25, -0.2) is 9.78 Å². The molecule has 0 aliphatic carbocycles. The second kappa shape index (κ2) is 7.21. The van der Waals surface area contributed by atoms with Crippen molar-refractivity contribution >= 4 is 12.0 Å². The molecular formula is C11H14FN3O3. The van der Waals surface area contributed by atoms with Crippen LogP contribution in [0, 0.1) is 5.95 Å². The molecule has 0 bridgehead atoms. The highest BCUT2D eigenvalue weighted by atomic mass is 19.1. The van der Waals surface area contributed by atoms with Gasteiger partial charge in [0.05, 0.1) is 6.61 Å². The van der Waals surface area contributed by atoms with Crippen LogP contribution in [0.2, 0.25) is 0 Å². The summed E-state index contributed by atoms with van der Waals surface area (Å²) < 4.78 is 17.4. The summed E-state index contributed by atoms with van der Waals surface area (Å²) in [6, 6.07) is 2.44. The molecular weight excluding hydrogens is 241 g/mol. The molecule has 0 unspecified atom stereocenters. The number of ether oxygens (including phenoxy) is 1. The Labute approximate surface area is 104 Å². The van der Waals surface area contributed by atoms with Crippen molar-refractivity contribution in [3.05, 3.63) is 29.8 Å². The molecule has 0 aliphatic rings. The van der Waals surface area contributed by atoms with Crippen LogP contribution in [-0.2, 0) is 4.74 Å². The summed E-state index contributed by atoms with van der Waals surface area (Å²) in [4.78, 5) is 25.8. The molecule has 1 heterocycles. The fraction of sp³-hybridized carbons (Fsp3) is 0.364. The second-order valence-electron chi connectivity index (χ2n) is 3.27.